The smallest absolute Gasteiger partial charge is 0.410 e. The minimum absolute atomic E-state index is 0.247. The highest BCUT2D eigenvalue weighted by Gasteiger charge is 2.46. The average Bonchev–Trinajstić information content (AvgIpc) is 2.89. The van der Waals surface area contributed by atoms with E-state index in [9.17, 15) is 9.59 Å². The van der Waals surface area contributed by atoms with Crippen LogP contribution < -0.4 is 25.4 Å². The van der Waals surface area contributed by atoms with Crippen LogP contribution in [0.5, 0.6) is 11.5 Å². The molecule has 1 aromatic carbocycles. The molecule has 12 heteroatoms. The van der Waals surface area contributed by atoms with E-state index in [0.717, 1.165) is 12.0 Å². The maximum absolute atomic E-state index is 12.9. The van der Waals surface area contributed by atoms with Gasteiger partial charge in [-0.1, -0.05) is 29.9 Å². The summed E-state index contributed by atoms with van der Waals surface area (Å²) in [5.41, 5.74) is 1.40. The van der Waals surface area contributed by atoms with Crippen LogP contribution in [0, 0.1) is 0 Å². The quantitative estimate of drug-likeness (QED) is 0.348. The van der Waals surface area contributed by atoms with Gasteiger partial charge < -0.3 is 30.2 Å². The topological polar surface area (TPSA) is 114 Å². The zero-order valence-electron chi connectivity index (χ0n) is 23.9. The Morgan fingerprint density at radius 2 is 2.07 bits per heavy atom. The SMILES string of the molecule is COc1c(Cl)cccc1NC(=S)C1=C(NCc2ccncc2OCC2(C)CCN2C(=O)OC(C)(C)C)CCNC1=O. The fraction of sp³-hybridized carbons (Fsp3) is 0.448. The number of carbonyl (C=O) groups is 2. The van der Waals surface area contributed by atoms with Gasteiger partial charge in [-0.15, -0.1) is 0 Å². The monoisotopic (exact) mass is 601 g/mol. The zero-order chi connectivity index (χ0) is 29.8. The number of hydrogen-bond donors (Lipinski definition) is 3. The molecule has 0 aliphatic carbocycles. The maximum atomic E-state index is 12.9. The molecule has 1 atom stereocenters. The Labute approximate surface area is 250 Å². The molecule has 1 unspecified atom stereocenters. The van der Waals surface area contributed by atoms with Gasteiger partial charge in [0.05, 0.1) is 35.1 Å². The van der Waals surface area contributed by atoms with E-state index < -0.39 is 11.1 Å². The average molecular weight is 602 g/mol. The minimum Gasteiger partial charge on any atom is -0.493 e. The standard InChI is InChI=1S/C29H36ClN5O5S/c1-28(2,3)40-27(37)35-14-11-29(35,4)17-39-22-16-31-12-9-18(22)15-33-20-10-13-32-25(36)23(20)26(41)34-21-8-6-7-19(30)24(21)38-5/h6-9,12,16,33H,10-11,13-15,17H2,1-5H3,(H,32,36)(H,34,41). The molecule has 0 bridgehead atoms. The molecule has 1 aromatic heterocycles. The van der Waals surface area contributed by atoms with Crippen LogP contribution in [0.1, 0.15) is 46.1 Å². The Bertz CT molecular complexity index is 1360. The van der Waals surface area contributed by atoms with Gasteiger partial charge in [-0.3, -0.25) is 14.7 Å². The number of likely N-dealkylation sites (tertiary alicyclic amines) is 1. The summed E-state index contributed by atoms with van der Waals surface area (Å²) in [6.07, 6.45) is 4.35. The predicted octanol–water partition coefficient (Wildman–Crippen LogP) is 4.83. The summed E-state index contributed by atoms with van der Waals surface area (Å²) in [7, 11) is 1.52. The van der Waals surface area contributed by atoms with Gasteiger partial charge in [0.25, 0.3) is 5.91 Å². The first-order valence-electron chi connectivity index (χ1n) is 13.4. The van der Waals surface area contributed by atoms with Crippen LogP contribution >= 0.6 is 23.8 Å². The molecule has 4 rings (SSSR count). The van der Waals surface area contributed by atoms with E-state index in [0.29, 0.717) is 59.5 Å². The first-order valence-corrected chi connectivity index (χ1v) is 14.2. The molecule has 0 spiro atoms. The maximum Gasteiger partial charge on any atom is 0.410 e. The van der Waals surface area contributed by atoms with Gasteiger partial charge in [-0.25, -0.2) is 4.79 Å². The minimum atomic E-state index is -0.571. The Morgan fingerprint density at radius 3 is 2.76 bits per heavy atom. The summed E-state index contributed by atoms with van der Waals surface area (Å²) in [6.45, 7) is 9.28. The van der Waals surface area contributed by atoms with Crippen molar-refractivity contribution in [2.45, 2.75) is 58.2 Å². The molecular formula is C29H36ClN5O5S. The fourth-order valence-corrected chi connectivity index (χ4v) is 5.15. The van der Waals surface area contributed by atoms with E-state index in [2.05, 4.69) is 20.9 Å². The zero-order valence-corrected chi connectivity index (χ0v) is 25.5. The summed E-state index contributed by atoms with van der Waals surface area (Å²) in [6, 6.07) is 7.11. The molecule has 3 heterocycles. The number of methoxy groups -OCH3 is 1. The largest absolute Gasteiger partial charge is 0.493 e. The second-order valence-corrected chi connectivity index (χ2v) is 12.0. The van der Waals surface area contributed by atoms with Crippen LogP contribution in [-0.4, -0.2) is 64.8 Å². The Morgan fingerprint density at radius 1 is 1.29 bits per heavy atom. The van der Waals surface area contributed by atoms with Crippen molar-refractivity contribution >= 4 is 46.5 Å². The van der Waals surface area contributed by atoms with E-state index in [1.807, 2.05) is 33.8 Å². The molecule has 220 valence electrons. The van der Waals surface area contributed by atoms with Gasteiger partial charge in [0.1, 0.15) is 22.9 Å². The molecule has 3 N–H and O–H groups in total. The van der Waals surface area contributed by atoms with Crippen LogP contribution in [0.4, 0.5) is 10.5 Å². The number of thiocarbonyl (C=S) groups is 1. The van der Waals surface area contributed by atoms with Gasteiger partial charge in [0, 0.05) is 43.5 Å². The Balaban J connectivity index is 1.46. The molecule has 2 aromatic rings. The molecule has 10 nitrogen and oxygen atoms in total. The number of aromatic nitrogens is 1. The summed E-state index contributed by atoms with van der Waals surface area (Å²) < 4.78 is 17.2. The number of carbonyl (C=O) groups excluding carboxylic acids is 2. The van der Waals surface area contributed by atoms with Crippen molar-refractivity contribution in [3.63, 3.8) is 0 Å². The summed E-state index contributed by atoms with van der Waals surface area (Å²) in [5.74, 6) is 0.749. The molecular weight excluding hydrogens is 566 g/mol. The van der Waals surface area contributed by atoms with E-state index in [4.69, 9.17) is 38.0 Å². The third-order valence-electron chi connectivity index (χ3n) is 6.88. The highest BCUT2D eigenvalue weighted by molar-refractivity contribution is 7.81. The van der Waals surface area contributed by atoms with Crippen molar-refractivity contribution in [1.82, 2.24) is 20.5 Å². The van der Waals surface area contributed by atoms with E-state index in [1.165, 1.54) is 7.11 Å². The lowest BCUT2D eigenvalue weighted by Crippen LogP contribution is -2.64. The number of nitrogens with zero attached hydrogens (tertiary/aromatic N) is 2. The van der Waals surface area contributed by atoms with Crippen LogP contribution in [-0.2, 0) is 16.1 Å². The predicted molar refractivity (Wildman–Crippen MR) is 161 cm³/mol. The third kappa shape index (κ3) is 7.20. The summed E-state index contributed by atoms with van der Waals surface area (Å²) in [4.78, 5) is 31.7. The van der Waals surface area contributed by atoms with Crippen molar-refractivity contribution in [1.29, 1.82) is 0 Å². The van der Waals surface area contributed by atoms with Crippen molar-refractivity contribution in [3.8, 4) is 11.5 Å². The van der Waals surface area contributed by atoms with Crippen LogP contribution in [0.25, 0.3) is 0 Å². The summed E-state index contributed by atoms with van der Waals surface area (Å²) in [5, 5.41) is 9.77. The van der Waals surface area contributed by atoms with Crippen LogP contribution in [0.3, 0.4) is 0 Å². The second-order valence-electron chi connectivity index (χ2n) is 11.1. The van der Waals surface area contributed by atoms with E-state index in [-0.39, 0.29) is 23.6 Å². The first-order chi connectivity index (χ1) is 19.4. The van der Waals surface area contributed by atoms with E-state index >= 15 is 0 Å². The third-order valence-corrected chi connectivity index (χ3v) is 7.48. The Hall–Kier alpha value is -3.57. The normalized spacial score (nSPS) is 18.7. The fourth-order valence-electron chi connectivity index (χ4n) is 4.57. The lowest BCUT2D eigenvalue weighted by atomic mass is 9.88. The van der Waals surface area contributed by atoms with Gasteiger partial charge in [-0.05, 0) is 52.3 Å². The highest BCUT2D eigenvalue weighted by Crippen LogP contribution is 2.34. The van der Waals surface area contributed by atoms with E-state index in [1.54, 1.807) is 35.5 Å². The number of benzene rings is 1. The van der Waals surface area contributed by atoms with Crippen molar-refractivity contribution in [2.75, 3.05) is 32.1 Å². The van der Waals surface area contributed by atoms with Gasteiger partial charge >= 0.3 is 6.09 Å². The molecule has 1 fully saturated rings. The molecule has 2 amide bonds. The number of para-hydroxylation sites is 1. The number of hydrogen-bond acceptors (Lipinski definition) is 8. The number of amides is 2. The second kappa shape index (κ2) is 12.5. The van der Waals surface area contributed by atoms with Crippen molar-refractivity contribution < 1.29 is 23.8 Å². The van der Waals surface area contributed by atoms with Crippen LogP contribution in [0.2, 0.25) is 5.02 Å². The number of rotatable bonds is 9. The molecule has 2 aliphatic rings. The molecule has 0 saturated carbocycles. The number of pyridine rings is 1. The molecule has 0 radical (unpaired) electrons. The number of nitrogens with one attached hydrogen (secondary N) is 3. The lowest BCUT2D eigenvalue weighted by molar-refractivity contribution is -0.117. The first kappa shape index (κ1) is 30.4. The van der Waals surface area contributed by atoms with Gasteiger partial charge in [0.15, 0.2) is 5.75 Å². The van der Waals surface area contributed by atoms with Gasteiger partial charge in [-0.2, -0.15) is 0 Å². The summed E-state index contributed by atoms with van der Waals surface area (Å²) >= 11 is 11.9. The highest BCUT2D eigenvalue weighted by atomic mass is 35.5. The van der Waals surface area contributed by atoms with Crippen molar-refractivity contribution in [2.24, 2.45) is 0 Å². The van der Waals surface area contributed by atoms with Crippen molar-refractivity contribution in [3.05, 3.63) is 58.5 Å². The number of anilines is 1. The molecule has 1 saturated heterocycles. The molecule has 41 heavy (non-hydrogen) atoms. The Kier molecular flexibility index (Phi) is 9.28. The number of ether oxygens (including phenoxy) is 3. The molecule has 2 aliphatic heterocycles. The van der Waals surface area contributed by atoms with Gasteiger partial charge in [0.2, 0.25) is 0 Å². The number of halogens is 1. The van der Waals surface area contributed by atoms with Crippen LogP contribution in [0.15, 0.2) is 47.9 Å². The lowest BCUT2D eigenvalue weighted by Gasteiger charge is -2.49.